The van der Waals surface area contributed by atoms with Crippen molar-refractivity contribution in [3.8, 4) is 0 Å². The van der Waals surface area contributed by atoms with Gasteiger partial charge < -0.3 is 9.47 Å². The quantitative estimate of drug-likeness (QED) is 0.755. The van der Waals surface area contributed by atoms with Crippen LogP contribution >= 0.6 is 0 Å². The van der Waals surface area contributed by atoms with Crippen LogP contribution in [0.15, 0.2) is 0 Å². The van der Waals surface area contributed by atoms with E-state index in [4.69, 9.17) is 9.47 Å². The highest BCUT2D eigenvalue weighted by molar-refractivity contribution is 7.90. The minimum Gasteiger partial charge on any atom is -0.469 e. The van der Waals surface area contributed by atoms with Crippen molar-refractivity contribution in [1.29, 1.82) is 0 Å². The van der Waals surface area contributed by atoms with Gasteiger partial charge in [-0.2, -0.15) is 0 Å². The van der Waals surface area contributed by atoms with Gasteiger partial charge in [-0.05, 0) is 31.6 Å². The molecular formula is C13H23NO5S. The molecule has 0 radical (unpaired) electrons. The number of carbonyl (C=O) groups excluding carboxylic acids is 1. The highest BCUT2D eigenvalue weighted by Crippen LogP contribution is 2.31. The lowest BCUT2D eigenvalue weighted by Crippen LogP contribution is -2.41. The van der Waals surface area contributed by atoms with Crippen LogP contribution in [0.3, 0.4) is 0 Å². The molecule has 1 saturated carbocycles. The summed E-state index contributed by atoms with van der Waals surface area (Å²) >= 11 is 0. The molecule has 116 valence electrons. The van der Waals surface area contributed by atoms with Crippen molar-refractivity contribution in [2.45, 2.75) is 37.4 Å². The third-order valence-corrected chi connectivity index (χ3v) is 6.20. The van der Waals surface area contributed by atoms with E-state index in [1.54, 1.807) is 0 Å². The standard InChI is InChI=1S/C13H23NO5S/c1-18-13(15)11-3-2-4-12(11)20(16,17)14-9-10-5-7-19-8-6-10/h10-12,14H,2-9H2,1H3. The Morgan fingerprint density at radius 1 is 1.25 bits per heavy atom. The Morgan fingerprint density at radius 3 is 2.60 bits per heavy atom. The van der Waals surface area contributed by atoms with E-state index in [-0.39, 0.29) is 0 Å². The zero-order valence-corrected chi connectivity index (χ0v) is 12.7. The molecule has 1 aliphatic heterocycles. The lowest BCUT2D eigenvalue weighted by Gasteiger charge is -2.24. The molecule has 2 unspecified atom stereocenters. The molecule has 2 fully saturated rings. The van der Waals surface area contributed by atoms with Gasteiger partial charge in [0.15, 0.2) is 0 Å². The Labute approximate surface area is 120 Å². The Bertz CT molecular complexity index is 430. The molecule has 0 aromatic carbocycles. The molecule has 2 atom stereocenters. The van der Waals surface area contributed by atoms with E-state index in [9.17, 15) is 13.2 Å². The van der Waals surface area contributed by atoms with Gasteiger partial charge in [0.05, 0.1) is 18.3 Å². The Balaban J connectivity index is 1.93. The van der Waals surface area contributed by atoms with Crippen LogP contribution in [-0.4, -0.2) is 46.5 Å². The maximum absolute atomic E-state index is 12.4. The normalized spacial score (nSPS) is 28.4. The lowest BCUT2D eigenvalue weighted by molar-refractivity contribution is -0.145. The smallest absolute Gasteiger partial charge is 0.310 e. The number of sulfonamides is 1. The van der Waals surface area contributed by atoms with Crippen molar-refractivity contribution in [3.63, 3.8) is 0 Å². The molecular weight excluding hydrogens is 282 g/mol. The number of esters is 1. The maximum Gasteiger partial charge on any atom is 0.310 e. The highest BCUT2D eigenvalue weighted by atomic mass is 32.2. The first-order valence-corrected chi connectivity index (χ1v) is 8.73. The Morgan fingerprint density at radius 2 is 1.95 bits per heavy atom. The SMILES string of the molecule is COC(=O)C1CCCC1S(=O)(=O)NCC1CCOCC1. The van der Waals surface area contributed by atoms with Crippen LogP contribution in [0.2, 0.25) is 0 Å². The molecule has 1 aliphatic carbocycles. The molecule has 2 rings (SSSR count). The first-order valence-electron chi connectivity index (χ1n) is 7.18. The number of nitrogens with one attached hydrogen (secondary N) is 1. The first kappa shape index (κ1) is 15.7. The summed E-state index contributed by atoms with van der Waals surface area (Å²) in [7, 11) is -2.15. The van der Waals surface area contributed by atoms with E-state index in [0.717, 1.165) is 19.3 Å². The summed E-state index contributed by atoms with van der Waals surface area (Å²) in [6.45, 7) is 1.83. The zero-order valence-electron chi connectivity index (χ0n) is 11.8. The topological polar surface area (TPSA) is 81.7 Å². The van der Waals surface area contributed by atoms with Crippen LogP contribution in [0.1, 0.15) is 32.1 Å². The minimum absolute atomic E-state index is 0.330. The van der Waals surface area contributed by atoms with E-state index in [0.29, 0.717) is 38.5 Å². The van der Waals surface area contributed by atoms with E-state index >= 15 is 0 Å². The molecule has 1 N–H and O–H groups in total. The van der Waals surface area contributed by atoms with E-state index in [1.807, 2.05) is 0 Å². The van der Waals surface area contributed by atoms with Crippen LogP contribution in [0.25, 0.3) is 0 Å². The van der Waals surface area contributed by atoms with Crippen molar-refractivity contribution in [1.82, 2.24) is 4.72 Å². The second kappa shape index (κ2) is 6.87. The van der Waals surface area contributed by atoms with Crippen molar-refractivity contribution >= 4 is 16.0 Å². The molecule has 0 spiro atoms. The highest BCUT2D eigenvalue weighted by Gasteiger charge is 2.42. The van der Waals surface area contributed by atoms with Gasteiger partial charge >= 0.3 is 5.97 Å². The van der Waals surface area contributed by atoms with Crippen molar-refractivity contribution in [3.05, 3.63) is 0 Å². The summed E-state index contributed by atoms with van der Waals surface area (Å²) in [6, 6.07) is 0. The maximum atomic E-state index is 12.4. The molecule has 20 heavy (non-hydrogen) atoms. The molecule has 0 aromatic heterocycles. The lowest BCUT2D eigenvalue weighted by atomic mass is 10.0. The fourth-order valence-corrected chi connectivity index (χ4v) is 4.85. The van der Waals surface area contributed by atoms with Gasteiger partial charge in [0.25, 0.3) is 0 Å². The van der Waals surface area contributed by atoms with Crippen LogP contribution in [0.4, 0.5) is 0 Å². The van der Waals surface area contributed by atoms with E-state index < -0.39 is 27.2 Å². The Kier molecular flexibility index (Phi) is 5.40. The number of methoxy groups -OCH3 is 1. The fraction of sp³-hybridized carbons (Fsp3) is 0.923. The molecule has 2 aliphatic rings. The molecule has 1 saturated heterocycles. The molecule has 7 heteroatoms. The molecule has 1 heterocycles. The number of hydrogen-bond acceptors (Lipinski definition) is 5. The van der Waals surface area contributed by atoms with Crippen molar-refractivity contribution in [2.75, 3.05) is 26.9 Å². The number of carbonyl (C=O) groups is 1. The van der Waals surface area contributed by atoms with E-state index in [1.165, 1.54) is 7.11 Å². The summed E-state index contributed by atoms with van der Waals surface area (Å²) in [4.78, 5) is 11.6. The number of hydrogen-bond donors (Lipinski definition) is 1. The molecule has 0 bridgehead atoms. The third kappa shape index (κ3) is 3.71. The second-order valence-electron chi connectivity index (χ2n) is 5.55. The van der Waals surface area contributed by atoms with Gasteiger partial charge in [-0.25, -0.2) is 13.1 Å². The predicted octanol–water partition coefficient (Wildman–Crippen LogP) is 0.674. The van der Waals surface area contributed by atoms with Gasteiger partial charge in [0.1, 0.15) is 0 Å². The summed E-state index contributed by atoms with van der Waals surface area (Å²) in [5.41, 5.74) is 0. The number of rotatable bonds is 5. The first-order chi connectivity index (χ1) is 9.54. The zero-order chi connectivity index (χ0) is 14.6. The van der Waals surface area contributed by atoms with Gasteiger partial charge in [-0.1, -0.05) is 6.42 Å². The van der Waals surface area contributed by atoms with E-state index in [2.05, 4.69) is 4.72 Å². The van der Waals surface area contributed by atoms with Crippen LogP contribution < -0.4 is 4.72 Å². The third-order valence-electron chi connectivity index (χ3n) is 4.27. The monoisotopic (exact) mass is 305 g/mol. The van der Waals surface area contributed by atoms with Crippen molar-refractivity contribution in [2.24, 2.45) is 11.8 Å². The molecule has 0 amide bonds. The summed E-state index contributed by atoms with van der Waals surface area (Å²) in [5, 5.41) is -0.644. The predicted molar refractivity (Wildman–Crippen MR) is 73.6 cm³/mol. The van der Waals surface area contributed by atoms with Crippen molar-refractivity contribution < 1.29 is 22.7 Å². The minimum atomic E-state index is -3.46. The molecule has 0 aromatic rings. The van der Waals surface area contributed by atoms with Gasteiger partial charge in [-0.15, -0.1) is 0 Å². The van der Waals surface area contributed by atoms with Gasteiger partial charge in [0, 0.05) is 19.8 Å². The summed E-state index contributed by atoms with van der Waals surface area (Å²) < 4.78 is 37.4. The summed E-state index contributed by atoms with van der Waals surface area (Å²) in [6.07, 6.45) is 3.64. The number of ether oxygens (including phenoxy) is 2. The largest absolute Gasteiger partial charge is 0.469 e. The average Bonchev–Trinajstić information content (AvgIpc) is 2.96. The summed E-state index contributed by atoms with van der Waals surface area (Å²) in [5.74, 6) is -0.604. The average molecular weight is 305 g/mol. The van der Waals surface area contributed by atoms with Crippen LogP contribution in [0.5, 0.6) is 0 Å². The van der Waals surface area contributed by atoms with Gasteiger partial charge in [0.2, 0.25) is 10.0 Å². The van der Waals surface area contributed by atoms with Crippen LogP contribution in [-0.2, 0) is 24.3 Å². The van der Waals surface area contributed by atoms with Crippen LogP contribution in [0, 0.1) is 11.8 Å². The Hall–Kier alpha value is -0.660. The molecule has 6 nitrogen and oxygen atoms in total. The second-order valence-corrected chi connectivity index (χ2v) is 7.53. The van der Waals surface area contributed by atoms with Gasteiger partial charge in [-0.3, -0.25) is 4.79 Å². The fourth-order valence-electron chi connectivity index (χ4n) is 3.01.